The Morgan fingerprint density at radius 3 is 2.10 bits per heavy atom. The van der Waals surface area contributed by atoms with Gasteiger partial charge in [0.1, 0.15) is 0 Å². The van der Waals surface area contributed by atoms with Crippen molar-refractivity contribution in [3.05, 3.63) is 70.8 Å². The maximum Gasteiger partial charge on any atom is 0.416 e. The Kier molecular flexibility index (Phi) is 4.98. The van der Waals surface area contributed by atoms with Gasteiger partial charge in [0.2, 0.25) is 0 Å². The van der Waals surface area contributed by atoms with E-state index in [-0.39, 0.29) is 18.7 Å². The number of aliphatic hydroxyl groups excluding tert-OH is 1. The highest BCUT2D eigenvalue weighted by molar-refractivity contribution is 5.29. The van der Waals surface area contributed by atoms with Gasteiger partial charge in [-0.2, -0.15) is 13.2 Å². The van der Waals surface area contributed by atoms with Crippen molar-refractivity contribution in [1.82, 2.24) is 5.32 Å². The zero-order chi connectivity index (χ0) is 15.3. The number of benzene rings is 2. The first-order chi connectivity index (χ1) is 10.0. The summed E-state index contributed by atoms with van der Waals surface area (Å²) in [6.07, 6.45) is -4.33. The molecule has 0 aliphatic carbocycles. The first-order valence-electron chi connectivity index (χ1n) is 6.55. The minimum absolute atomic E-state index is 0.0212. The molecule has 2 rings (SSSR count). The lowest BCUT2D eigenvalue weighted by molar-refractivity contribution is -0.138. The van der Waals surface area contributed by atoms with Crippen LogP contribution in [0.15, 0.2) is 48.5 Å². The van der Waals surface area contributed by atoms with Crippen LogP contribution < -0.4 is 5.32 Å². The molecule has 5 heteroatoms. The lowest BCUT2D eigenvalue weighted by atomic mass is 10.1. The Hall–Kier alpha value is -1.85. The minimum Gasteiger partial charge on any atom is -0.392 e. The van der Waals surface area contributed by atoms with Gasteiger partial charge in [-0.15, -0.1) is 0 Å². The molecule has 0 unspecified atom stereocenters. The molecule has 21 heavy (non-hydrogen) atoms. The maximum atomic E-state index is 12.8. The monoisotopic (exact) mass is 295 g/mol. The Balaban J connectivity index is 1.97. The van der Waals surface area contributed by atoms with Crippen LogP contribution in [0.3, 0.4) is 0 Å². The molecule has 2 aromatic carbocycles. The van der Waals surface area contributed by atoms with Crippen molar-refractivity contribution >= 4 is 0 Å². The van der Waals surface area contributed by atoms with E-state index in [0.717, 1.165) is 17.2 Å². The van der Waals surface area contributed by atoms with Gasteiger partial charge >= 0.3 is 6.18 Å². The average Bonchev–Trinajstić information content (AvgIpc) is 2.47. The van der Waals surface area contributed by atoms with Crippen LogP contribution in [-0.2, 0) is 25.9 Å². The number of halogens is 3. The Morgan fingerprint density at radius 1 is 0.857 bits per heavy atom. The minimum atomic E-state index is -4.33. The number of rotatable bonds is 5. The van der Waals surface area contributed by atoms with Gasteiger partial charge in [-0.1, -0.05) is 42.5 Å². The molecule has 0 atom stereocenters. The zero-order valence-electron chi connectivity index (χ0n) is 11.3. The molecule has 0 aliphatic rings. The molecule has 0 saturated heterocycles. The summed E-state index contributed by atoms with van der Waals surface area (Å²) in [6, 6.07) is 12.8. The third-order valence-corrected chi connectivity index (χ3v) is 3.17. The van der Waals surface area contributed by atoms with Gasteiger partial charge in [0, 0.05) is 13.1 Å². The molecule has 2 aromatic rings. The normalized spacial score (nSPS) is 11.6. The molecule has 2 N–H and O–H groups in total. The lowest BCUT2D eigenvalue weighted by Gasteiger charge is -2.13. The third kappa shape index (κ3) is 4.31. The first kappa shape index (κ1) is 15.5. The molecule has 112 valence electrons. The predicted molar refractivity (Wildman–Crippen MR) is 74.4 cm³/mol. The van der Waals surface area contributed by atoms with Crippen molar-refractivity contribution in [2.24, 2.45) is 0 Å². The van der Waals surface area contributed by atoms with Gasteiger partial charge in [-0.3, -0.25) is 0 Å². The summed E-state index contributed by atoms with van der Waals surface area (Å²) in [5, 5.41) is 11.9. The quantitative estimate of drug-likeness (QED) is 0.885. The second kappa shape index (κ2) is 6.74. The van der Waals surface area contributed by atoms with Crippen LogP contribution >= 0.6 is 0 Å². The fraction of sp³-hybridized carbons (Fsp3) is 0.250. The van der Waals surface area contributed by atoms with Crippen molar-refractivity contribution in [3.63, 3.8) is 0 Å². The third-order valence-electron chi connectivity index (χ3n) is 3.17. The number of nitrogens with one attached hydrogen (secondary N) is 1. The largest absolute Gasteiger partial charge is 0.416 e. The highest BCUT2D eigenvalue weighted by Crippen LogP contribution is 2.31. The molecule has 0 aliphatic heterocycles. The molecule has 2 nitrogen and oxygen atoms in total. The van der Waals surface area contributed by atoms with E-state index < -0.39 is 11.7 Å². The van der Waals surface area contributed by atoms with Crippen LogP contribution in [0.5, 0.6) is 0 Å². The molecule has 0 aromatic heterocycles. The van der Waals surface area contributed by atoms with Gasteiger partial charge in [0.25, 0.3) is 0 Å². The van der Waals surface area contributed by atoms with Crippen molar-refractivity contribution in [1.29, 1.82) is 0 Å². The van der Waals surface area contributed by atoms with Crippen molar-refractivity contribution in [2.45, 2.75) is 25.9 Å². The Labute approximate surface area is 121 Å². The number of hydrogen-bond donors (Lipinski definition) is 2. The zero-order valence-corrected chi connectivity index (χ0v) is 11.3. The van der Waals surface area contributed by atoms with Crippen LogP contribution in [0.25, 0.3) is 0 Å². The summed E-state index contributed by atoms with van der Waals surface area (Å²) < 4.78 is 38.5. The Morgan fingerprint density at radius 2 is 1.48 bits per heavy atom. The maximum absolute atomic E-state index is 12.8. The summed E-state index contributed by atoms with van der Waals surface area (Å²) in [4.78, 5) is 0. The van der Waals surface area contributed by atoms with Gasteiger partial charge in [-0.05, 0) is 22.8 Å². The summed E-state index contributed by atoms with van der Waals surface area (Å²) in [5.74, 6) is 0. The number of aliphatic hydroxyl groups is 1. The second-order valence-corrected chi connectivity index (χ2v) is 4.73. The molecule has 0 heterocycles. The first-order valence-corrected chi connectivity index (χ1v) is 6.55. The second-order valence-electron chi connectivity index (χ2n) is 4.73. The van der Waals surface area contributed by atoms with E-state index in [2.05, 4.69) is 5.32 Å². The highest BCUT2D eigenvalue weighted by atomic mass is 19.4. The van der Waals surface area contributed by atoms with Crippen LogP contribution in [0, 0.1) is 0 Å². The van der Waals surface area contributed by atoms with E-state index in [0.29, 0.717) is 6.54 Å². The summed E-state index contributed by atoms with van der Waals surface area (Å²) in [6.45, 7) is 0.599. The molecule has 0 bridgehead atoms. The average molecular weight is 295 g/mol. The van der Waals surface area contributed by atoms with Gasteiger partial charge in [0.15, 0.2) is 0 Å². The topological polar surface area (TPSA) is 32.3 Å². The van der Waals surface area contributed by atoms with E-state index >= 15 is 0 Å². The highest BCUT2D eigenvalue weighted by Gasteiger charge is 2.32. The van der Waals surface area contributed by atoms with Crippen LogP contribution in [0.2, 0.25) is 0 Å². The van der Waals surface area contributed by atoms with Gasteiger partial charge < -0.3 is 10.4 Å². The molecular weight excluding hydrogens is 279 g/mol. The summed E-state index contributed by atoms with van der Waals surface area (Å²) in [7, 11) is 0. The van der Waals surface area contributed by atoms with E-state index in [4.69, 9.17) is 5.11 Å². The SMILES string of the molecule is OCc1ccc(CNCc2ccccc2C(F)(F)F)cc1. The predicted octanol–water partition coefficient (Wildman–Crippen LogP) is 3.49. The van der Waals surface area contributed by atoms with Crippen LogP contribution in [0.4, 0.5) is 13.2 Å². The molecule has 0 radical (unpaired) electrons. The number of alkyl halides is 3. The van der Waals surface area contributed by atoms with Crippen LogP contribution in [-0.4, -0.2) is 5.11 Å². The van der Waals surface area contributed by atoms with E-state index in [1.54, 1.807) is 18.2 Å². The molecule has 0 saturated carbocycles. The summed E-state index contributed by atoms with van der Waals surface area (Å²) in [5.41, 5.74) is 1.39. The van der Waals surface area contributed by atoms with Crippen molar-refractivity contribution in [3.8, 4) is 0 Å². The van der Waals surface area contributed by atoms with E-state index in [1.165, 1.54) is 12.1 Å². The van der Waals surface area contributed by atoms with E-state index in [1.807, 2.05) is 12.1 Å². The molecule has 0 fully saturated rings. The van der Waals surface area contributed by atoms with Crippen LogP contribution in [0.1, 0.15) is 22.3 Å². The van der Waals surface area contributed by atoms with Gasteiger partial charge in [-0.25, -0.2) is 0 Å². The van der Waals surface area contributed by atoms with E-state index in [9.17, 15) is 13.2 Å². The Bertz CT molecular complexity index is 579. The van der Waals surface area contributed by atoms with Crippen molar-refractivity contribution in [2.75, 3.05) is 0 Å². The fourth-order valence-corrected chi connectivity index (χ4v) is 2.06. The lowest BCUT2D eigenvalue weighted by Crippen LogP contribution is -2.17. The fourth-order valence-electron chi connectivity index (χ4n) is 2.06. The smallest absolute Gasteiger partial charge is 0.392 e. The van der Waals surface area contributed by atoms with Gasteiger partial charge in [0.05, 0.1) is 12.2 Å². The summed E-state index contributed by atoms with van der Waals surface area (Å²) >= 11 is 0. The van der Waals surface area contributed by atoms with Crippen molar-refractivity contribution < 1.29 is 18.3 Å². The number of hydrogen-bond acceptors (Lipinski definition) is 2. The molecule has 0 spiro atoms. The molecule has 0 amide bonds. The standard InChI is InChI=1S/C16H16F3NO/c17-16(18,19)15-4-2-1-3-14(15)10-20-9-12-5-7-13(11-21)8-6-12/h1-8,20-21H,9-11H2. The molecular formula is C16H16F3NO.